The quantitative estimate of drug-likeness (QED) is 0.128. The van der Waals surface area contributed by atoms with Crippen LogP contribution in [0.25, 0.3) is 11.1 Å². The molecule has 2 heterocycles. The third-order valence-corrected chi connectivity index (χ3v) is 7.21. The smallest absolute Gasteiger partial charge is 0.490 e. The zero-order chi connectivity index (χ0) is 34.9. The summed E-state index contributed by atoms with van der Waals surface area (Å²) in [6.07, 6.45) is -8.84. The van der Waals surface area contributed by atoms with E-state index in [1.807, 2.05) is 18.2 Å². The van der Waals surface area contributed by atoms with Gasteiger partial charge in [-0.2, -0.15) is 41.3 Å². The summed E-state index contributed by atoms with van der Waals surface area (Å²) >= 11 is 6.27. The second-order valence-corrected chi connectivity index (χ2v) is 10.8. The molecule has 1 saturated heterocycles. The zero-order valence-corrected chi connectivity index (χ0v) is 25.8. The number of phenolic OH excluding ortho intramolecular Hbond substituents is 1. The van der Waals surface area contributed by atoms with E-state index < -0.39 is 23.9 Å². The number of hydrogen-bond donors (Lipinski definition) is 5. The van der Waals surface area contributed by atoms with Crippen molar-refractivity contribution < 1.29 is 41.4 Å². The summed E-state index contributed by atoms with van der Waals surface area (Å²) in [5.74, 6) is -1.17. The lowest BCUT2D eigenvalue weighted by atomic mass is 10.0. The van der Waals surface area contributed by atoms with Crippen molar-refractivity contribution in [2.24, 2.45) is 0 Å². The van der Waals surface area contributed by atoms with Gasteiger partial charge in [-0.15, -0.1) is 0 Å². The van der Waals surface area contributed by atoms with Gasteiger partial charge in [0, 0.05) is 49.9 Å². The van der Waals surface area contributed by atoms with E-state index in [4.69, 9.17) is 21.5 Å². The first-order valence-corrected chi connectivity index (χ1v) is 14.8. The number of nitrogens with zero attached hydrogens (tertiary/aromatic N) is 4. The first-order valence-electron chi connectivity index (χ1n) is 14.4. The van der Waals surface area contributed by atoms with Gasteiger partial charge in [0.2, 0.25) is 17.8 Å². The molecule has 0 spiro atoms. The largest absolute Gasteiger partial charge is 0.508 e. The minimum atomic E-state index is -5.08. The van der Waals surface area contributed by atoms with Gasteiger partial charge in [-0.05, 0) is 59.5 Å². The summed E-state index contributed by atoms with van der Waals surface area (Å²) < 4.78 is 71.6. The maximum Gasteiger partial charge on any atom is 0.490 e. The SMILES string of the molecule is O=C(O)C(F)(F)F.Oc1ccc(CCNc2nc(NCc3cccc(-c4cc(C(F)(F)F)ccc4Cl)c3)nc(N3CCNCC3)n2)cc1. The van der Waals surface area contributed by atoms with Gasteiger partial charge in [-0.25, -0.2) is 4.79 Å². The van der Waals surface area contributed by atoms with Crippen LogP contribution in [-0.4, -0.2) is 70.0 Å². The average molecular weight is 698 g/mol. The molecule has 0 amide bonds. The molecule has 1 fully saturated rings. The summed E-state index contributed by atoms with van der Waals surface area (Å²) in [6, 6.07) is 17.5. The fraction of sp³-hybridized carbons (Fsp3) is 0.290. The number of rotatable bonds is 9. The fourth-order valence-electron chi connectivity index (χ4n) is 4.46. The number of halogens is 7. The van der Waals surface area contributed by atoms with Gasteiger partial charge in [-0.3, -0.25) is 0 Å². The van der Waals surface area contributed by atoms with Crippen LogP contribution in [0.2, 0.25) is 5.02 Å². The Morgan fingerprint density at radius 2 is 1.52 bits per heavy atom. The normalized spacial score (nSPS) is 13.4. The number of carboxylic acid groups (broad SMARTS) is 1. The standard InChI is InChI=1S/C29H29ClF3N7O.C2HF3O2/c30-25-9-6-22(29(31,32)33)17-24(25)21-3-1-2-20(16-21)18-36-27-37-26(35-11-10-19-4-7-23(41)8-5-19)38-28(39-27)40-14-12-34-13-15-40;3-2(4,5)1(6)7/h1-9,16-17,34,41H,10-15,18H2,(H2,35,36,37,38,39);(H,6,7). The van der Waals surface area contributed by atoms with E-state index in [-0.39, 0.29) is 10.8 Å². The van der Waals surface area contributed by atoms with Crippen molar-refractivity contribution in [2.45, 2.75) is 25.3 Å². The minimum absolute atomic E-state index is 0.221. The molecule has 0 saturated carbocycles. The lowest BCUT2D eigenvalue weighted by Gasteiger charge is -2.27. The Hall–Kier alpha value is -4.83. The molecule has 4 aromatic rings. The Morgan fingerprint density at radius 1 is 0.875 bits per heavy atom. The molecular weight excluding hydrogens is 668 g/mol. The molecule has 1 aromatic heterocycles. The van der Waals surface area contributed by atoms with Crippen molar-refractivity contribution in [1.82, 2.24) is 20.3 Å². The predicted octanol–water partition coefficient (Wildman–Crippen LogP) is 6.23. The van der Waals surface area contributed by atoms with Crippen LogP contribution in [0.4, 0.5) is 44.2 Å². The van der Waals surface area contributed by atoms with Crippen LogP contribution in [-0.2, 0) is 23.9 Å². The molecule has 5 rings (SSSR count). The van der Waals surface area contributed by atoms with Gasteiger partial charge in [-0.1, -0.05) is 41.9 Å². The molecule has 1 aliphatic heterocycles. The molecule has 0 bridgehead atoms. The molecule has 0 unspecified atom stereocenters. The Balaban J connectivity index is 0.000000671. The molecule has 1 aliphatic rings. The van der Waals surface area contributed by atoms with Gasteiger partial charge in [0.05, 0.1) is 5.56 Å². The van der Waals surface area contributed by atoms with Gasteiger partial charge in [0.25, 0.3) is 0 Å². The number of carboxylic acids is 1. The van der Waals surface area contributed by atoms with Crippen molar-refractivity contribution in [3.8, 4) is 16.9 Å². The lowest BCUT2D eigenvalue weighted by Crippen LogP contribution is -2.44. The molecule has 256 valence electrons. The average Bonchev–Trinajstić information content (AvgIpc) is 3.05. The molecule has 0 radical (unpaired) electrons. The van der Waals surface area contributed by atoms with E-state index in [2.05, 4.69) is 35.8 Å². The van der Waals surface area contributed by atoms with Crippen LogP contribution in [0, 0.1) is 0 Å². The van der Waals surface area contributed by atoms with Crippen LogP contribution in [0.15, 0.2) is 66.7 Å². The van der Waals surface area contributed by atoms with Gasteiger partial charge in [0.1, 0.15) is 5.75 Å². The van der Waals surface area contributed by atoms with Crippen LogP contribution in [0.3, 0.4) is 0 Å². The number of phenols is 1. The maximum absolute atomic E-state index is 13.3. The summed E-state index contributed by atoms with van der Waals surface area (Å²) in [4.78, 5) is 24.8. The third kappa shape index (κ3) is 10.6. The molecule has 3 aromatic carbocycles. The maximum atomic E-state index is 13.3. The molecule has 48 heavy (non-hydrogen) atoms. The number of benzene rings is 3. The number of aliphatic carboxylic acids is 1. The highest BCUT2D eigenvalue weighted by Crippen LogP contribution is 2.36. The van der Waals surface area contributed by atoms with Gasteiger partial charge >= 0.3 is 18.3 Å². The van der Waals surface area contributed by atoms with Gasteiger partial charge < -0.3 is 31.1 Å². The second-order valence-electron chi connectivity index (χ2n) is 10.4. The van der Waals surface area contributed by atoms with Crippen molar-refractivity contribution in [3.05, 3.63) is 88.4 Å². The first kappa shape index (κ1) is 36.0. The fourth-order valence-corrected chi connectivity index (χ4v) is 4.69. The van der Waals surface area contributed by atoms with Crippen molar-refractivity contribution in [1.29, 1.82) is 0 Å². The van der Waals surface area contributed by atoms with Crippen LogP contribution in [0.5, 0.6) is 5.75 Å². The van der Waals surface area contributed by atoms with E-state index in [0.717, 1.165) is 49.4 Å². The Kier molecular flexibility index (Phi) is 11.9. The third-order valence-electron chi connectivity index (χ3n) is 6.88. The van der Waals surface area contributed by atoms with Crippen LogP contribution < -0.4 is 20.9 Å². The first-order chi connectivity index (χ1) is 22.7. The van der Waals surface area contributed by atoms with Crippen molar-refractivity contribution in [2.75, 3.05) is 48.3 Å². The molecule has 5 N–H and O–H groups in total. The molecule has 0 atom stereocenters. The second kappa shape index (κ2) is 15.8. The summed E-state index contributed by atoms with van der Waals surface area (Å²) in [5, 5.41) is 26.7. The monoisotopic (exact) mass is 697 g/mol. The molecule has 17 heteroatoms. The van der Waals surface area contributed by atoms with Crippen LogP contribution in [0.1, 0.15) is 16.7 Å². The summed E-state index contributed by atoms with van der Waals surface area (Å²) in [7, 11) is 0. The highest BCUT2D eigenvalue weighted by Gasteiger charge is 2.38. The molecule has 10 nitrogen and oxygen atoms in total. The molecule has 0 aliphatic carbocycles. The summed E-state index contributed by atoms with van der Waals surface area (Å²) in [6.45, 7) is 4.08. The van der Waals surface area contributed by atoms with E-state index >= 15 is 0 Å². The highest BCUT2D eigenvalue weighted by atomic mass is 35.5. The minimum Gasteiger partial charge on any atom is -0.508 e. The topological polar surface area (TPSA) is 136 Å². The van der Waals surface area contributed by atoms with Crippen molar-refractivity contribution in [3.63, 3.8) is 0 Å². The Morgan fingerprint density at radius 3 is 2.15 bits per heavy atom. The summed E-state index contributed by atoms with van der Waals surface area (Å²) in [5.41, 5.74) is 2.02. The number of alkyl halides is 6. The number of aromatic hydroxyl groups is 1. The van der Waals surface area contributed by atoms with Crippen LogP contribution >= 0.6 is 11.6 Å². The zero-order valence-electron chi connectivity index (χ0n) is 25.0. The Bertz CT molecular complexity index is 1680. The number of nitrogens with one attached hydrogen (secondary N) is 3. The number of anilines is 3. The number of piperazine rings is 1. The number of carbonyl (C=O) groups is 1. The van der Waals surface area contributed by atoms with E-state index in [1.54, 1.807) is 30.3 Å². The van der Waals surface area contributed by atoms with E-state index in [1.165, 1.54) is 6.07 Å². The number of aromatic nitrogens is 3. The lowest BCUT2D eigenvalue weighted by molar-refractivity contribution is -0.192. The van der Waals surface area contributed by atoms with Gasteiger partial charge in [0.15, 0.2) is 0 Å². The van der Waals surface area contributed by atoms with E-state index in [0.29, 0.717) is 48.5 Å². The molecular formula is C31H30ClF6N7O3. The predicted molar refractivity (Wildman–Crippen MR) is 168 cm³/mol. The highest BCUT2D eigenvalue weighted by molar-refractivity contribution is 6.33. The van der Waals surface area contributed by atoms with E-state index in [9.17, 15) is 31.4 Å². The number of hydrogen-bond acceptors (Lipinski definition) is 9. The van der Waals surface area contributed by atoms with Crippen molar-refractivity contribution >= 4 is 35.4 Å². The Labute approximate surface area is 275 Å².